The highest BCUT2D eigenvalue weighted by molar-refractivity contribution is 7.89. The Labute approximate surface area is 109 Å². The van der Waals surface area contributed by atoms with Crippen molar-refractivity contribution in [1.82, 2.24) is 4.31 Å². The van der Waals surface area contributed by atoms with Gasteiger partial charge in [-0.3, -0.25) is 4.79 Å². The van der Waals surface area contributed by atoms with Gasteiger partial charge in [0.1, 0.15) is 11.6 Å². The first-order valence-electron chi connectivity index (χ1n) is 5.73. The Morgan fingerprint density at radius 1 is 1.37 bits per heavy atom. The monoisotopic (exact) mass is 281 g/mol. The summed E-state index contributed by atoms with van der Waals surface area (Å²) < 4.78 is 30.8. The SMILES string of the molecule is O=C(O)[C@@H]1CCN1S(=O)(=O)c1cc2ccccc2o1. The lowest BCUT2D eigenvalue weighted by molar-refractivity contribution is -0.144. The number of para-hydroxylation sites is 1. The van der Waals surface area contributed by atoms with Gasteiger partial charge in [0.25, 0.3) is 10.0 Å². The number of nitrogens with zero attached hydrogens (tertiary/aromatic N) is 1. The molecule has 0 bridgehead atoms. The minimum atomic E-state index is -3.87. The molecular weight excluding hydrogens is 270 g/mol. The van der Waals surface area contributed by atoms with Crippen molar-refractivity contribution < 1.29 is 22.7 Å². The highest BCUT2D eigenvalue weighted by atomic mass is 32.2. The van der Waals surface area contributed by atoms with E-state index in [1.54, 1.807) is 24.3 Å². The Morgan fingerprint density at radius 3 is 2.68 bits per heavy atom. The number of benzene rings is 1. The van der Waals surface area contributed by atoms with Crippen molar-refractivity contribution in [3.63, 3.8) is 0 Å². The summed E-state index contributed by atoms with van der Waals surface area (Å²) in [5, 5.41) is 9.38. The molecule has 2 aromatic rings. The van der Waals surface area contributed by atoms with E-state index in [1.807, 2.05) is 0 Å². The van der Waals surface area contributed by atoms with Gasteiger partial charge in [-0.05, 0) is 12.5 Å². The molecule has 0 spiro atoms. The molecule has 1 saturated heterocycles. The first-order valence-corrected chi connectivity index (χ1v) is 7.17. The summed E-state index contributed by atoms with van der Waals surface area (Å²) in [5.74, 6) is -1.13. The minimum Gasteiger partial charge on any atom is -0.480 e. The molecule has 3 rings (SSSR count). The number of fused-ring (bicyclic) bond motifs is 1. The standard InChI is InChI=1S/C12H11NO5S/c14-12(15)9-5-6-13(9)19(16,17)11-7-8-3-1-2-4-10(8)18-11/h1-4,7,9H,5-6H2,(H,14,15)/t9-/m0/s1. The van der Waals surface area contributed by atoms with Crippen LogP contribution in [0.3, 0.4) is 0 Å². The lowest BCUT2D eigenvalue weighted by Crippen LogP contribution is -2.54. The third kappa shape index (κ3) is 1.82. The van der Waals surface area contributed by atoms with E-state index in [2.05, 4.69) is 0 Å². The molecule has 19 heavy (non-hydrogen) atoms. The Morgan fingerprint density at radius 2 is 2.11 bits per heavy atom. The van der Waals surface area contributed by atoms with Crippen LogP contribution in [0.1, 0.15) is 6.42 Å². The lowest BCUT2D eigenvalue weighted by atomic mass is 10.1. The topological polar surface area (TPSA) is 87.8 Å². The molecule has 2 heterocycles. The fourth-order valence-electron chi connectivity index (χ4n) is 2.10. The maximum Gasteiger partial charge on any atom is 0.322 e. The summed E-state index contributed by atoms with van der Waals surface area (Å²) in [6, 6.07) is 7.35. The fraction of sp³-hybridized carbons (Fsp3) is 0.250. The molecule has 1 aliphatic heterocycles. The third-order valence-electron chi connectivity index (χ3n) is 3.22. The van der Waals surface area contributed by atoms with Crippen LogP contribution in [0.15, 0.2) is 39.8 Å². The number of sulfonamides is 1. The predicted molar refractivity (Wildman–Crippen MR) is 66.1 cm³/mol. The van der Waals surface area contributed by atoms with Gasteiger partial charge in [0.15, 0.2) is 0 Å². The van der Waals surface area contributed by atoms with Gasteiger partial charge < -0.3 is 9.52 Å². The molecule has 1 aromatic carbocycles. The minimum absolute atomic E-state index is 0.205. The summed E-state index contributed by atoms with van der Waals surface area (Å²) in [6.45, 7) is 0.205. The number of aliphatic carboxylic acids is 1. The van der Waals surface area contributed by atoms with Crippen molar-refractivity contribution in [2.75, 3.05) is 6.54 Å². The predicted octanol–water partition coefficient (Wildman–Crippen LogP) is 1.28. The van der Waals surface area contributed by atoms with Crippen LogP contribution in [0.2, 0.25) is 0 Å². The van der Waals surface area contributed by atoms with Gasteiger partial charge in [-0.1, -0.05) is 18.2 Å². The number of furan rings is 1. The number of carbonyl (C=O) groups is 1. The summed E-state index contributed by atoms with van der Waals surface area (Å²) in [4.78, 5) is 10.9. The average molecular weight is 281 g/mol. The molecule has 1 aromatic heterocycles. The number of carboxylic acids is 1. The largest absolute Gasteiger partial charge is 0.480 e. The Bertz CT molecular complexity index is 715. The van der Waals surface area contributed by atoms with Crippen LogP contribution >= 0.6 is 0 Å². The second-order valence-corrected chi connectivity index (χ2v) is 6.18. The quantitative estimate of drug-likeness (QED) is 0.915. The van der Waals surface area contributed by atoms with Gasteiger partial charge in [0.2, 0.25) is 5.09 Å². The van der Waals surface area contributed by atoms with Crippen LogP contribution in [0.25, 0.3) is 11.0 Å². The molecule has 6 nitrogen and oxygen atoms in total. The van der Waals surface area contributed by atoms with Crippen molar-refractivity contribution in [2.24, 2.45) is 0 Å². The summed E-state index contributed by atoms with van der Waals surface area (Å²) in [7, 11) is -3.87. The highest BCUT2D eigenvalue weighted by Crippen LogP contribution is 2.30. The molecule has 1 N–H and O–H groups in total. The summed E-state index contributed by atoms with van der Waals surface area (Å²) in [6.07, 6.45) is 0.328. The molecular formula is C12H11NO5S. The third-order valence-corrected chi connectivity index (χ3v) is 4.99. The van der Waals surface area contributed by atoms with Crippen LogP contribution < -0.4 is 0 Å². The molecule has 0 radical (unpaired) electrons. The van der Waals surface area contributed by atoms with Crippen molar-refractivity contribution in [2.45, 2.75) is 17.6 Å². The van der Waals surface area contributed by atoms with Crippen molar-refractivity contribution in [1.29, 1.82) is 0 Å². The highest BCUT2D eigenvalue weighted by Gasteiger charge is 2.44. The summed E-state index contributed by atoms with van der Waals surface area (Å²) in [5.41, 5.74) is 0.466. The van der Waals surface area contributed by atoms with Gasteiger partial charge in [-0.15, -0.1) is 0 Å². The molecule has 1 atom stereocenters. The normalized spacial score (nSPS) is 20.3. The molecule has 100 valence electrons. The molecule has 0 saturated carbocycles. The van der Waals surface area contributed by atoms with Gasteiger partial charge in [0, 0.05) is 18.0 Å². The number of carboxylic acid groups (broad SMARTS) is 1. The van der Waals surface area contributed by atoms with Crippen molar-refractivity contribution in [3.8, 4) is 0 Å². The van der Waals surface area contributed by atoms with E-state index < -0.39 is 22.0 Å². The van der Waals surface area contributed by atoms with E-state index >= 15 is 0 Å². The number of hydrogen-bond acceptors (Lipinski definition) is 4. The van der Waals surface area contributed by atoms with Crippen molar-refractivity contribution in [3.05, 3.63) is 30.3 Å². The van der Waals surface area contributed by atoms with E-state index in [-0.39, 0.29) is 11.6 Å². The second kappa shape index (κ2) is 4.07. The van der Waals surface area contributed by atoms with Crippen LogP contribution in [-0.2, 0) is 14.8 Å². The van der Waals surface area contributed by atoms with Crippen LogP contribution in [0.5, 0.6) is 0 Å². The van der Waals surface area contributed by atoms with Crippen LogP contribution in [0.4, 0.5) is 0 Å². The van der Waals surface area contributed by atoms with Gasteiger partial charge in [0.05, 0.1) is 0 Å². The van der Waals surface area contributed by atoms with Gasteiger partial charge in [-0.25, -0.2) is 8.42 Å². The number of rotatable bonds is 3. The van der Waals surface area contributed by atoms with E-state index in [4.69, 9.17) is 9.52 Å². The van der Waals surface area contributed by atoms with Crippen LogP contribution in [-0.4, -0.2) is 36.4 Å². The van der Waals surface area contributed by atoms with E-state index in [1.165, 1.54) is 6.07 Å². The van der Waals surface area contributed by atoms with Crippen molar-refractivity contribution >= 4 is 27.0 Å². The van der Waals surface area contributed by atoms with Gasteiger partial charge >= 0.3 is 5.97 Å². The van der Waals surface area contributed by atoms with E-state index in [9.17, 15) is 13.2 Å². The maximum absolute atomic E-state index is 12.3. The first-order chi connectivity index (χ1) is 9.00. The van der Waals surface area contributed by atoms with Gasteiger partial charge in [-0.2, -0.15) is 4.31 Å². The first kappa shape index (κ1) is 12.2. The second-order valence-electron chi connectivity index (χ2n) is 4.36. The molecule has 0 amide bonds. The fourth-order valence-corrected chi connectivity index (χ4v) is 3.68. The summed E-state index contributed by atoms with van der Waals surface area (Å²) >= 11 is 0. The molecule has 0 aliphatic carbocycles. The molecule has 0 unspecified atom stereocenters. The lowest BCUT2D eigenvalue weighted by Gasteiger charge is -2.35. The Kier molecular flexibility index (Phi) is 2.61. The van der Waals surface area contributed by atoms with Crippen LogP contribution in [0, 0.1) is 0 Å². The smallest absolute Gasteiger partial charge is 0.322 e. The molecule has 7 heteroatoms. The van der Waals surface area contributed by atoms with E-state index in [0.29, 0.717) is 17.4 Å². The molecule has 1 aliphatic rings. The zero-order valence-electron chi connectivity index (χ0n) is 9.81. The van der Waals surface area contributed by atoms with E-state index in [0.717, 1.165) is 4.31 Å². The Balaban J connectivity index is 2.02. The zero-order chi connectivity index (χ0) is 13.6. The zero-order valence-corrected chi connectivity index (χ0v) is 10.6. The average Bonchev–Trinajstić information content (AvgIpc) is 2.69. The number of hydrogen-bond donors (Lipinski definition) is 1. The Hall–Kier alpha value is -1.86. The maximum atomic E-state index is 12.3. The molecule has 1 fully saturated rings.